The minimum Gasteiger partial charge on any atom is -0.486 e. The first-order chi connectivity index (χ1) is 15.2. The van der Waals surface area contributed by atoms with E-state index in [0.717, 1.165) is 17.4 Å². The van der Waals surface area contributed by atoms with Crippen LogP contribution in [0.2, 0.25) is 0 Å². The van der Waals surface area contributed by atoms with Gasteiger partial charge in [0.2, 0.25) is 5.91 Å². The molecule has 156 valence electrons. The van der Waals surface area contributed by atoms with Gasteiger partial charge in [0.25, 0.3) is 5.56 Å². The van der Waals surface area contributed by atoms with Crippen LogP contribution < -0.4 is 20.3 Å². The molecular formula is C21H17N5O4S. The number of amides is 1. The molecule has 10 heteroatoms. The van der Waals surface area contributed by atoms with Gasteiger partial charge in [0.1, 0.15) is 18.6 Å². The average molecular weight is 435 g/mol. The fraction of sp³-hybridized carbons (Fsp3) is 0.143. The van der Waals surface area contributed by atoms with Gasteiger partial charge in [-0.15, -0.1) is 0 Å². The molecule has 0 radical (unpaired) electrons. The molecule has 2 aromatic heterocycles. The van der Waals surface area contributed by atoms with Crippen molar-refractivity contribution in [3.05, 3.63) is 65.1 Å². The Kier molecular flexibility index (Phi) is 5.04. The molecule has 1 aliphatic rings. The summed E-state index contributed by atoms with van der Waals surface area (Å²) in [5.41, 5.74) is 1.53. The van der Waals surface area contributed by atoms with E-state index in [1.54, 1.807) is 22.9 Å². The van der Waals surface area contributed by atoms with Gasteiger partial charge in [0, 0.05) is 11.8 Å². The minimum atomic E-state index is -0.304. The molecule has 1 amide bonds. The third kappa shape index (κ3) is 3.97. The van der Waals surface area contributed by atoms with Crippen LogP contribution in [0.3, 0.4) is 0 Å². The van der Waals surface area contributed by atoms with E-state index in [0.29, 0.717) is 46.6 Å². The van der Waals surface area contributed by atoms with E-state index in [1.807, 2.05) is 30.3 Å². The summed E-state index contributed by atoms with van der Waals surface area (Å²) in [5, 5.41) is 7.81. The van der Waals surface area contributed by atoms with Crippen molar-refractivity contribution in [2.75, 3.05) is 24.3 Å². The topological polar surface area (TPSA) is 111 Å². The van der Waals surface area contributed by atoms with E-state index >= 15 is 0 Å². The Labute approximate surface area is 180 Å². The largest absolute Gasteiger partial charge is 0.486 e. The van der Waals surface area contributed by atoms with Crippen molar-refractivity contribution in [2.24, 2.45) is 0 Å². The molecule has 0 saturated heterocycles. The van der Waals surface area contributed by atoms with Crippen molar-refractivity contribution in [3.8, 4) is 17.2 Å². The molecule has 5 rings (SSSR count). The van der Waals surface area contributed by atoms with E-state index in [2.05, 4.69) is 20.4 Å². The molecule has 1 aliphatic heterocycles. The number of thioether (sulfide) groups is 1. The number of hydrogen-bond donors (Lipinski definition) is 2. The van der Waals surface area contributed by atoms with Gasteiger partial charge >= 0.3 is 0 Å². The van der Waals surface area contributed by atoms with Gasteiger partial charge in [-0.3, -0.25) is 9.59 Å². The Balaban J connectivity index is 1.31. The van der Waals surface area contributed by atoms with Crippen LogP contribution in [0, 0.1) is 0 Å². The highest BCUT2D eigenvalue weighted by atomic mass is 32.2. The van der Waals surface area contributed by atoms with Gasteiger partial charge in [-0.2, -0.15) is 5.10 Å². The highest BCUT2D eigenvalue weighted by Gasteiger charge is 2.15. The maximum Gasteiger partial charge on any atom is 0.262 e. The first-order valence-corrected chi connectivity index (χ1v) is 10.5. The number of aromatic amines is 1. The van der Waals surface area contributed by atoms with E-state index in [-0.39, 0.29) is 17.2 Å². The monoisotopic (exact) mass is 435 g/mol. The second-order valence-corrected chi connectivity index (χ2v) is 7.66. The van der Waals surface area contributed by atoms with E-state index in [9.17, 15) is 9.59 Å². The maximum absolute atomic E-state index is 12.4. The smallest absolute Gasteiger partial charge is 0.262 e. The number of fused-ring (bicyclic) bond motifs is 2. The van der Waals surface area contributed by atoms with Gasteiger partial charge < -0.3 is 19.8 Å². The number of rotatable bonds is 5. The van der Waals surface area contributed by atoms with Crippen molar-refractivity contribution in [3.63, 3.8) is 0 Å². The van der Waals surface area contributed by atoms with Crippen molar-refractivity contribution in [1.82, 2.24) is 19.7 Å². The fourth-order valence-corrected chi connectivity index (χ4v) is 3.83. The van der Waals surface area contributed by atoms with E-state index in [4.69, 9.17) is 9.47 Å². The van der Waals surface area contributed by atoms with Gasteiger partial charge in [0.15, 0.2) is 22.3 Å². The predicted molar refractivity (Wildman–Crippen MR) is 116 cm³/mol. The standard InChI is InChI=1S/C21H17N5O4S/c27-18(23-13-6-7-16-17(10-13)30-9-8-29-16)12-31-21-24-19-15(20(28)25-21)11-22-26(19)14-4-2-1-3-5-14/h1-7,10-11H,8-9,12H2,(H,23,27)(H,24,25,28). The molecule has 2 N–H and O–H groups in total. The first kappa shape index (κ1) is 19.2. The van der Waals surface area contributed by atoms with Crippen molar-refractivity contribution in [2.45, 2.75) is 5.16 Å². The van der Waals surface area contributed by atoms with Crippen molar-refractivity contribution < 1.29 is 14.3 Å². The minimum absolute atomic E-state index is 0.0718. The molecule has 0 atom stereocenters. The number of aromatic nitrogens is 4. The summed E-state index contributed by atoms with van der Waals surface area (Å²) in [5.74, 6) is 1.09. The second kappa shape index (κ2) is 8.15. The lowest BCUT2D eigenvalue weighted by Gasteiger charge is -2.18. The van der Waals surface area contributed by atoms with Crippen LogP contribution in [0.1, 0.15) is 0 Å². The number of hydrogen-bond acceptors (Lipinski definition) is 7. The van der Waals surface area contributed by atoms with Crippen LogP contribution in [-0.4, -0.2) is 44.6 Å². The van der Waals surface area contributed by atoms with Crippen molar-refractivity contribution >= 4 is 34.4 Å². The number of para-hydroxylation sites is 1. The van der Waals surface area contributed by atoms with Crippen LogP contribution in [0.4, 0.5) is 5.69 Å². The number of ether oxygens (including phenoxy) is 2. The fourth-order valence-electron chi connectivity index (χ4n) is 3.18. The Bertz CT molecular complexity index is 1320. The third-order valence-electron chi connectivity index (χ3n) is 4.58. The molecule has 31 heavy (non-hydrogen) atoms. The third-order valence-corrected chi connectivity index (χ3v) is 5.46. The zero-order valence-corrected chi connectivity index (χ0v) is 17.0. The summed E-state index contributed by atoms with van der Waals surface area (Å²) >= 11 is 1.14. The number of H-pyrrole nitrogens is 1. The van der Waals surface area contributed by atoms with Gasteiger partial charge in [-0.25, -0.2) is 9.67 Å². The zero-order valence-electron chi connectivity index (χ0n) is 16.2. The zero-order chi connectivity index (χ0) is 21.2. The molecule has 0 aliphatic carbocycles. The van der Waals surface area contributed by atoms with Crippen LogP contribution >= 0.6 is 11.8 Å². The summed E-state index contributed by atoms with van der Waals surface area (Å²) in [6, 6.07) is 14.7. The average Bonchev–Trinajstić information content (AvgIpc) is 3.23. The molecular weight excluding hydrogens is 418 g/mol. The van der Waals surface area contributed by atoms with Crippen LogP contribution in [0.25, 0.3) is 16.7 Å². The molecule has 9 nitrogen and oxygen atoms in total. The number of nitrogens with one attached hydrogen (secondary N) is 2. The van der Waals surface area contributed by atoms with Gasteiger partial charge in [0.05, 0.1) is 17.6 Å². The van der Waals surface area contributed by atoms with Gasteiger partial charge in [-0.1, -0.05) is 30.0 Å². The molecule has 3 heterocycles. The molecule has 0 unspecified atom stereocenters. The predicted octanol–water partition coefficient (Wildman–Crippen LogP) is 2.61. The number of benzene rings is 2. The highest BCUT2D eigenvalue weighted by molar-refractivity contribution is 7.99. The van der Waals surface area contributed by atoms with E-state index in [1.165, 1.54) is 6.20 Å². The number of anilines is 1. The molecule has 0 bridgehead atoms. The first-order valence-electron chi connectivity index (χ1n) is 9.53. The molecule has 0 saturated carbocycles. The second-order valence-electron chi connectivity index (χ2n) is 6.70. The van der Waals surface area contributed by atoms with Crippen LogP contribution in [0.15, 0.2) is 64.7 Å². The lowest BCUT2D eigenvalue weighted by molar-refractivity contribution is -0.113. The number of carbonyl (C=O) groups excluding carboxylic acids is 1. The summed E-state index contributed by atoms with van der Waals surface area (Å²) in [7, 11) is 0. The Morgan fingerprint density at radius 3 is 2.77 bits per heavy atom. The molecule has 0 fully saturated rings. The Morgan fingerprint density at radius 1 is 1.13 bits per heavy atom. The highest BCUT2D eigenvalue weighted by Crippen LogP contribution is 2.32. The van der Waals surface area contributed by atoms with Crippen LogP contribution in [-0.2, 0) is 4.79 Å². The lowest BCUT2D eigenvalue weighted by Crippen LogP contribution is -2.17. The quantitative estimate of drug-likeness (QED) is 0.366. The SMILES string of the molecule is O=C(CSc1nc2c(cnn2-c2ccccc2)c(=O)[nH]1)Nc1ccc2c(c1)OCCO2. The molecule has 4 aromatic rings. The van der Waals surface area contributed by atoms with Gasteiger partial charge in [-0.05, 0) is 24.3 Å². The maximum atomic E-state index is 12.4. The molecule has 0 spiro atoms. The normalized spacial score (nSPS) is 12.6. The van der Waals surface area contributed by atoms with E-state index < -0.39 is 0 Å². The summed E-state index contributed by atoms with van der Waals surface area (Å²) in [4.78, 5) is 32.0. The Hall–Kier alpha value is -3.79. The van der Waals surface area contributed by atoms with Crippen LogP contribution in [0.5, 0.6) is 11.5 Å². The Morgan fingerprint density at radius 2 is 1.94 bits per heavy atom. The number of nitrogens with zero attached hydrogens (tertiary/aromatic N) is 3. The summed E-state index contributed by atoms with van der Waals surface area (Å²) < 4.78 is 12.6. The lowest BCUT2D eigenvalue weighted by atomic mass is 10.2. The summed E-state index contributed by atoms with van der Waals surface area (Å²) in [6.45, 7) is 0.982. The summed E-state index contributed by atoms with van der Waals surface area (Å²) in [6.07, 6.45) is 1.48. The number of carbonyl (C=O) groups is 1. The van der Waals surface area contributed by atoms with Crippen molar-refractivity contribution in [1.29, 1.82) is 0 Å². The molecule has 2 aromatic carbocycles.